The Morgan fingerprint density at radius 2 is 1.95 bits per heavy atom. The highest BCUT2D eigenvalue weighted by atomic mass is 16.4. The van der Waals surface area contributed by atoms with Crippen LogP contribution in [0.2, 0.25) is 0 Å². The molecular formula is C16H22N2O3. The van der Waals surface area contributed by atoms with Crippen molar-refractivity contribution in [2.24, 2.45) is 5.41 Å². The number of nitrogens with one attached hydrogen (secondary N) is 2. The fourth-order valence-corrected chi connectivity index (χ4v) is 2.11. The van der Waals surface area contributed by atoms with Crippen LogP contribution in [0.4, 0.5) is 4.79 Å². The van der Waals surface area contributed by atoms with Gasteiger partial charge in [0.25, 0.3) is 0 Å². The number of hydrogen-bond donors (Lipinski definition) is 3. The molecule has 1 fully saturated rings. The summed E-state index contributed by atoms with van der Waals surface area (Å²) in [5, 5.41) is 14.5. The lowest BCUT2D eigenvalue weighted by molar-refractivity contribution is -0.139. The Balaban J connectivity index is 1.78. The number of benzene rings is 1. The fourth-order valence-electron chi connectivity index (χ4n) is 2.11. The maximum atomic E-state index is 11.8. The standard InChI is InChI=1S/C16H22N2O3/c1-16(9-10-16)11-17-15(21)18-13(14(19)20)8-7-12-5-3-2-4-6-12/h2-6,13H,7-11H2,1H3,(H,19,20)(H2,17,18,21)/t13-/m0/s1. The first-order valence-corrected chi connectivity index (χ1v) is 7.30. The molecule has 5 nitrogen and oxygen atoms in total. The molecule has 0 radical (unpaired) electrons. The smallest absolute Gasteiger partial charge is 0.326 e. The van der Waals surface area contributed by atoms with Gasteiger partial charge in [-0.25, -0.2) is 9.59 Å². The van der Waals surface area contributed by atoms with Crippen LogP contribution in [0.15, 0.2) is 30.3 Å². The summed E-state index contributed by atoms with van der Waals surface area (Å²) in [6, 6.07) is 8.39. The van der Waals surface area contributed by atoms with Gasteiger partial charge in [-0.05, 0) is 36.7 Å². The van der Waals surface area contributed by atoms with E-state index in [4.69, 9.17) is 0 Å². The number of carbonyl (C=O) groups is 2. The summed E-state index contributed by atoms with van der Waals surface area (Å²) in [6.45, 7) is 2.71. The van der Waals surface area contributed by atoms with E-state index in [1.807, 2.05) is 30.3 Å². The third-order valence-corrected chi connectivity index (χ3v) is 3.95. The van der Waals surface area contributed by atoms with E-state index in [0.717, 1.165) is 18.4 Å². The van der Waals surface area contributed by atoms with Crippen LogP contribution in [-0.4, -0.2) is 29.7 Å². The number of urea groups is 1. The molecule has 0 aliphatic heterocycles. The number of aryl methyl sites for hydroxylation is 1. The number of aliphatic carboxylic acids is 1. The summed E-state index contributed by atoms with van der Waals surface area (Å²) < 4.78 is 0. The molecule has 1 aromatic carbocycles. The summed E-state index contributed by atoms with van der Waals surface area (Å²) in [4.78, 5) is 23.0. The topological polar surface area (TPSA) is 78.4 Å². The first kappa shape index (κ1) is 15.4. The van der Waals surface area contributed by atoms with Gasteiger partial charge in [-0.2, -0.15) is 0 Å². The third-order valence-electron chi connectivity index (χ3n) is 3.95. The maximum Gasteiger partial charge on any atom is 0.326 e. The molecule has 1 atom stereocenters. The molecule has 0 heterocycles. The molecule has 0 spiro atoms. The molecule has 3 N–H and O–H groups in total. The molecule has 2 amide bonds. The number of carbonyl (C=O) groups excluding carboxylic acids is 1. The summed E-state index contributed by atoms with van der Waals surface area (Å²) in [6.07, 6.45) is 3.23. The average molecular weight is 290 g/mol. The van der Waals surface area contributed by atoms with Gasteiger partial charge in [0.2, 0.25) is 0 Å². The number of hydrogen-bond acceptors (Lipinski definition) is 2. The van der Waals surface area contributed by atoms with Gasteiger partial charge >= 0.3 is 12.0 Å². The van der Waals surface area contributed by atoms with Crippen LogP contribution in [-0.2, 0) is 11.2 Å². The first-order valence-electron chi connectivity index (χ1n) is 7.30. The van der Waals surface area contributed by atoms with Crippen LogP contribution < -0.4 is 10.6 Å². The minimum atomic E-state index is -1.00. The van der Waals surface area contributed by atoms with Crippen molar-refractivity contribution in [3.63, 3.8) is 0 Å². The van der Waals surface area contributed by atoms with E-state index in [1.54, 1.807) is 0 Å². The van der Waals surface area contributed by atoms with Gasteiger partial charge in [-0.15, -0.1) is 0 Å². The average Bonchev–Trinajstić information content (AvgIpc) is 3.20. The van der Waals surface area contributed by atoms with E-state index in [0.29, 0.717) is 19.4 Å². The Kier molecular flexibility index (Phi) is 4.83. The van der Waals surface area contributed by atoms with Gasteiger partial charge < -0.3 is 15.7 Å². The molecule has 0 unspecified atom stereocenters. The van der Waals surface area contributed by atoms with Crippen molar-refractivity contribution in [1.82, 2.24) is 10.6 Å². The quantitative estimate of drug-likeness (QED) is 0.720. The Morgan fingerprint density at radius 3 is 2.52 bits per heavy atom. The Labute approximate surface area is 124 Å². The molecule has 2 rings (SSSR count). The normalized spacial score (nSPS) is 16.8. The molecule has 114 valence electrons. The van der Waals surface area contributed by atoms with Crippen molar-refractivity contribution in [2.75, 3.05) is 6.54 Å². The van der Waals surface area contributed by atoms with Gasteiger partial charge in [0.15, 0.2) is 0 Å². The third kappa shape index (κ3) is 5.10. The van der Waals surface area contributed by atoms with Crippen molar-refractivity contribution < 1.29 is 14.7 Å². The maximum absolute atomic E-state index is 11.8. The second-order valence-corrected chi connectivity index (χ2v) is 6.05. The summed E-state index contributed by atoms with van der Waals surface area (Å²) in [7, 11) is 0. The van der Waals surface area contributed by atoms with Crippen LogP contribution in [0.3, 0.4) is 0 Å². The molecule has 5 heteroatoms. The molecule has 0 saturated heterocycles. The lowest BCUT2D eigenvalue weighted by Gasteiger charge is -2.16. The Hall–Kier alpha value is -2.04. The lowest BCUT2D eigenvalue weighted by Crippen LogP contribution is -2.47. The van der Waals surface area contributed by atoms with E-state index < -0.39 is 18.0 Å². The second kappa shape index (κ2) is 6.61. The zero-order chi connectivity index (χ0) is 15.3. The van der Waals surface area contributed by atoms with Crippen molar-refractivity contribution in [2.45, 2.75) is 38.6 Å². The summed E-state index contributed by atoms with van der Waals surface area (Å²) in [5.74, 6) is -1.00. The minimum absolute atomic E-state index is 0.208. The van der Waals surface area contributed by atoms with Crippen LogP contribution in [0.1, 0.15) is 31.7 Å². The zero-order valence-electron chi connectivity index (χ0n) is 12.3. The molecule has 0 aromatic heterocycles. The monoisotopic (exact) mass is 290 g/mol. The van der Waals surface area contributed by atoms with Crippen molar-refractivity contribution >= 4 is 12.0 Å². The van der Waals surface area contributed by atoms with Gasteiger partial charge in [0, 0.05) is 6.54 Å². The van der Waals surface area contributed by atoms with Gasteiger partial charge in [-0.1, -0.05) is 37.3 Å². The van der Waals surface area contributed by atoms with E-state index in [9.17, 15) is 14.7 Å². The molecular weight excluding hydrogens is 268 g/mol. The molecule has 0 bridgehead atoms. The second-order valence-electron chi connectivity index (χ2n) is 6.05. The van der Waals surface area contributed by atoms with Crippen LogP contribution in [0.25, 0.3) is 0 Å². The first-order chi connectivity index (χ1) is 9.98. The number of rotatable bonds is 7. The molecule has 1 aliphatic carbocycles. The SMILES string of the molecule is CC1(CNC(=O)N[C@@H](CCc2ccccc2)C(=O)O)CC1. The molecule has 1 saturated carbocycles. The van der Waals surface area contributed by atoms with Crippen molar-refractivity contribution in [1.29, 1.82) is 0 Å². The Morgan fingerprint density at radius 1 is 1.29 bits per heavy atom. The van der Waals surface area contributed by atoms with E-state index in [1.165, 1.54) is 0 Å². The highest BCUT2D eigenvalue weighted by Gasteiger charge is 2.37. The van der Waals surface area contributed by atoms with Crippen LogP contribution in [0.5, 0.6) is 0 Å². The van der Waals surface area contributed by atoms with E-state index in [-0.39, 0.29) is 5.41 Å². The van der Waals surface area contributed by atoms with Gasteiger partial charge in [-0.3, -0.25) is 0 Å². The van der Waals surface area contributed by atoms with Gasteiger partial charge in [0.05, 0.1) is 0 Å². The Bertz CT molecular complexity index is 498. The predicted molar refractivity (Wildman–Crippen MR) is 80.1 cm³/mol. The fraction of sp³-hybridized carbons (Fsp3) is 0.500. The van der Waals surface area contributed by atoms with Gasteiger partial charge in [0.1, 0.15) is 6.04 Å². The summed E-state index contributed by atoms with van der Waals surface area (Å²) in [5.41, 5.74) is 1.27. The summed E-state index contributed by atoms with van der Waals surface area (Å²) >= 11 is 0. The highest BCUT2D eigenvalue weighted by Crippen LogP contribution is 2.43. The van der Waals surface area contributed by atoms with Crippen molar-refractivity contribution in [3.8, 4) is 0 Å². The number of carboxylic acid groups (broad SMARTS) is 1. The minimum Gasteiger partial charge on any atom is -0.480 e. The predicted octanol–water partition coefficient (Wildman–Crippen LogP) is 2.17. The number of amides is 2. The van der Waals surface area contributed by atoms with E-state index >= 15 is 0 Å². The molecule has 1 aliphatic rings. The van der Waals surface area contributed by atoms with Crippen LogP contribution >= 0.6 is 0 Å². The van der Waals surface area contributed by atoms with Crippen LogP contribution in [0, 0.1) is 5.41 Å². The molecule has 21 heavy (non-hydrogen) atoms. The van der Waals surface area contributed by atoms with E-state index in [2.05, 4.69) is 17.6 Å². The molecule has 1 aromatic rings. The largest absolute Gasteiger partial charge is 0.480 e. The van der Waals surface area contributed by atoms with Crippen molar-refractivity contribution in [3.05, 3.63) is 35.9 Å². The highest BCUT2D eigenvalue weighted by molar-refractivity contribution is 5.82. The lowest BCUT2D eigenvalue weighted by atomic mass is 10.1. The number of carboxylic acids is 1. The zero-order valence-corrected chi connectivity index (χ0v) is 12.3.